The second kappa shape index (κ2) is 5.75. The Kier molecular flexibility index (Phi) is 4.80. The van der Waals surface area contributed by atoms with Gasteiger partial charge in [-0.25, -0.2) is 0 Å². The molecule has 0 unspecified atom stereocenters. The maximum Gasteiger partial charge on any atom is 0.136 e. The highest BCUT2D eigenvalue weighted by molar-refractivity contribution is 7.90. The summed E-state index contributed by atoms with van der Waals surface area (Å²) in [5.74, 6) is 0. The van der Waals surface area contributed by atoms with Crippen LogP contribution in [0.1, 0.15) is 50.4 Å². The van der Waals surface area contributed by atoms with E-state index >= 15 is 0 Å². The molecule has 0 spiro atoms. The van der Waals surface area contributed by atoms with Gasteiger partial charge in [-0.05, 0) is 57.9 Å². The van der Waals surface area contributed by atoms with Crippen molar-refractivity contribution in [1.82, 2.24) is 4.72 Å². The number of hydrogen-bond acceptors (Lipinski definition) is 3. The number of nitriles is 1. The topological polar surface area (TPSA) is 58.9 Å². The lowest BCUT2D eigenvalue weighted by molar-refractivity contribution is 0.531. The monoisotopic (exact) mass is 264 g/mol. The maximum absolute atomic E-state index is 12.0. The Hall–Kier alpha value is -1.02. The summed E-state index contributed by atoms with van der Waals surface area (Å²) < 4.78 is 14.8. The van der Waals surface area contributed by atoms with Crippen molar-refractivity contribution in [2.24, 2.45) is 0 Å². The van der Waals surface area contributed by atoms with Crippen LogP contribution in [0.3, 0.4) is 0 Å². The molecule has 0 aliphatic rings. The van der Waals surface area contributed by atoms with E-state index in [1.165, 1.54) is 0 Å². The maximum atomic E-state index is 12.0. The molecule has 0 saturated carbocycles. The van der Waals surface area contributed by atoms with Gasteiger partial charge in [0.15, 0.2) is 0 Å². The summed E-state index contributed by atoms with van der Waals surface area (Å²) in [5, 5.41) is 8.95. The molecule has 0 heterocycles. The summed E-state index contributed by atoms with van der Waals surface area (Å²) in [4.78, 5) is 0. The fourth-order valence-corrected chi connectivity index (χ4v) is 2.34. The van der Waals surface area contributed by atoms with Gasteiger partial charge in [-0.2, -0.15) is 5.26 Å². The van der Waals surface area contributed by atoms with Crippen LogP contribution in [0.25, 0.3) is 0 Å². The molecule has 0 aromatic heterocycles. The number of rotatable bonds is 3. The minimum absolute atomic E-state index is 0.0444. The Morgan fingerprint density at radius 2 is 1.94 bits per heavy atom. The summed E-state index contributed by atoms with van der Waals surface area (Å²) in [7, 11) is 0. The van der Waals surface area contributed by atoms with Gasteiger partial charge in [0, 0.05) is 11.4 Å². The van der Waals surface area contributed by atoms with Gasteiger partial charge in [-0.1, -0.05) is 6.07 Å². The van der Waals surface area contributed by atoms with Crippen molar-refractivity contribution in [3.63, 3.8) is 0 Å². The van der Waals surface area contributed by atoms with E-state index in [2.05, 4.69) is 10.8 Å². The van der Waals surface area contributed by atoms with Gasteiger partial charge in [-0.3, -0.25) is 0 Å². The zero-order valence-corrected chi connectivity index (χ0v) is 12.4. The molecular formula is C14H20N2OS. The molecule has 1 rings (SSSR count). The third-order valence-electron chi connectivity index (χ3n) is 2.57. The van der Waals surface area contributed by atoms with Crippen LogP contribution in [0.15, 0.2) is 18.2 Å². The Bertz CT molecular complexity index is 460. The molecule has 2 atom stereocenters. The molecule has 0 bridgehead atoms. The van der Waals surface area contributed by atoms with Crippen molar-refractivity contribution in [1.29, 1.82) is 5.26 Å². The molecule has 0 saturated heterocycles. The molecule has 1 aromatic carbocycles. The molecule has 0 radical (unpaired) electrons. The lowest BCUT2D eigenvalue weighted by atomic mass is 10.0. The van der Waals surface area contributed by atoms with E-state index in [9.17, 15) is 4.55 Å². The smallest absolute Gasteiger partial charge is 0.136 e. The number of aryl methyl sites for hydroxylation is 1. The molecule has 3 nitrogen and oxygen atoms in total. The Morgan fingerprint density at radius 3 is 2.44 bits per heavy atom. The molecule has 18 heavy (non-hydrogen) atoms. The molecule has 1 aromatic rings. The first-order valence-electron chi connectivity index (χ1n) is 5.94. The zero-order chi connectivity index (χ0) is 13.9. The normalized spacial score (nSPS) is 14.9. The minimum atomic E-state index is -1.12. The van der Waals surface area contributed by atoms with E-state index in [0.29, 0.717) is 5.56 Å². The summed E-state index contributed by atoms with van der Waals surface area (Å²) in [6.45, 7) is 9.71. The Balaban J connectivity index is 2.88. The van der Waals surface area contributed by atoms with Crippen LogP contribution in [0.4, 0.5) is 0 Å². The highest BCUT2D eigenvalue weighted by atomic mass is 32.2. The first-order chi connectivity index (χ1) is 8.24. The third kappa shape index (κ3) is 4.02. The number of benzene rings is 1. The van der Waals surface area contributed by atoms with Crippen LogP contribution in [-0.4, -0.2) is 9.30 Å². The average Bonchev–Trinajstić information content (AvgIpc) is 2.26. The zero-order valence-electron chi connectivity index (χ0n) is 11.6. The van der Waals surface area contributed by atoms with Crippen LogP contribution in [0, 0.1) is 18.3 Å². The van der Waals surface area contributed by atoms with E-state index in [-0.39, 0.29) is 10.8 Å². The van der Waals surface area contributed by atoms with Crippen molar-refractivity contribution >= 4 is 11.4 Å². The van der Waals surface area contributed by atoms with Gasteiger partial charge in [0.1, 0.15) is 4.75 Å². The highest BCUT2D eigenvalue weighted by Gasteiger charge is 2.28. The van der Waals surface area contributed by atoms with Crippen LogP contribution < -0.4 is 4.72 Å². The summed E-state index contributed by atoms with van der Waals surface area (Å²) >= 11 is -1.12. The quantitative estimate of drug-likeness (QED) is 0.854. The molecule has 4 heteroatoms. The predicted molar refractivity (Wildman–Crippen MR) is 75.3 cm³/mol. The van der Waals surface area contributed by atoms with Gasteiger partial charge < -0.3 is 4.55 Å². The third-order valence-corrected chi connectivity index (χ3v) is 4.25. The minimum Gasteiger partial charge on any atom is -0.598 e. The predicted octanol–water partition coefficient (Wildman–Crippen LogP) is 2.98. The van der Waals surface area contributed by atoms with Crippen LogP contribution in [-0.2, 0) is 11.4 Å². The van der Waals surface area contributed by atoms with Crippen molar-refractivity contribution in [3.05, 3.63) is 34.9 Å². The lowest BCUT2D eigenvalue weighted by Crippen LogP contribution is -2.40. The second-order valence-electron chi connectivity index (χ2n) is 5.46. The Labute approximate surface area is 113 Å². The van der Waals surface area contributed by atoms with Crippen molar-refractivity contribution in [2.75, 3.05) is 0 Å². The fourth-order valence-electron chi connectivity index (χ4n) is 1.53. The van der Waals surface area contributed by atoms with Crippen LogP contribution >= 0.6 is 0 Å². The standard InChI is InChI=1S/C14H20N2OS/c1-10-6-12(9-15)8-13(7-10)11(2)16-18(17)14(3,4)5/h6-8,11,16H,1-5H3/t11-,18-/m1/s1. The van der Waals surface area contributed by atoms with E-state index < -0.39 is 11.4 Å². The second-order valence-corrected chi connectivity index (χ2v) is 7.46. The Morgan fingerprint density at radius 1 is 1.33 bits per heavy atom. The number of nitrogens with one attached hydrogen (secondary N) is 1. The molecule has 0 aliphatic heterocycles. The molecule has 0 amide bonds. The van der Waals surface area contributed by atoms with Crippen molar-refractivity contribution in [3.8, 4) is 6.07 Å². The fraction of sp³-hybridized carbons (Fsp3) is 0.500. The molecule has 0 aliphatic carbocycles. The van der Waals surface area contributed by atoms with Gasteiger partial charge in [0.05, 0.1) is 17.7 Å². The van der Waals surface area contributed by atoms with Gasteiger partial charge >= 0.3 is 0 Å². The molecular weight excluding hydrogens is 244 g/mol. The molecule has 1 N–H and O–H groups in total. The van der Waals surface area contributed by atoms with Crippen molar-refractivity contribution in [2.45, 2.75) is 45.4 Å². The largest absolute Gasteiger partial charge is 0.598 e. The van der Waals surface area contributed by atoms with Gasteiger partial charge in [0.2, 0.25) is 0 Å². The van der Waals surface area contributed by atoms with E-state index in [1.54, 1.807) is 0 Å². The lowest BCUT2D eigenvalue weighted by Gasteiger charge is -2.26. The summed E-state index contributed by atoms with van der Waals surface area (Å²) in [5.41, 5.74) is 2.67. The molecule has 98 valence electrons. The van der Waals surface area contributed by atoms with E-state index in [0.717, 1.165) is 11.1 Å². The molecule has 0 fully saturated rings. The van der Waals surface area contributed by atoms with Crippen molar-refractivity contribution < 1.29 is 4.55 Å². The van der Waals surface area contributed by atoms with E-state index in [1.807, 2.05) is 52.8 Å². The SMILES string of the molecule is Cc1cc(C#N)cc([C@@H](C)N[S@+]([O-])C(C)(C)C)c1. The number of hydrogen-bond donors (Lipinski definition) is 1. The first kappa shape index (κ1) is 15.0. The van der Waals surface area contributed by atoms with Crippen LogP contribution in [0.2, 0.25) is 0 Å². The summed E-state index contributed by atoms with van der Waals surface area (Å²) in [6, 6.07) is 7.79. The average molecular weight is 264 g/mol. The highest BCUT2D eigenvalue weighted by Crippen LogP contribution is 2.21. The van der Waals surface area contributed by atoms with Gasteiger partial charge in [-0.15, -0.1) is 4.72 Å². The van der Waals surface area contributed by atoms with Gasteiger partial charge in [0.25, 0.3) is 0 Å². The number of nitrogens with zero attached hydrogens (tertiary/aromatic N) is 1. The first-order valence-corrected chi connectivity index (χ1v) is 7.09. The van der Waals surface area contributed by atoms with Crippen LogP contribution in [0.5, 0.6) is 0 Å². The van der Waals surface area contributed by atoms with E-state index in [4.69, 9.17) is 5.26 Å². The summed E-state index contributed by atoms with van der Waals surface area (Å²) in [6.07, 6.45) is 0.